The highest BCUT2D eigenvalue weighted by atomic mass is 32.2. The molecule has 1 aliphatic heterocycles. The van der Waals surface area contributed by atoms with Crippen LogP contribution in [0, 0.1) is 0 Å². The standard InChI is InChI=1S/C16H18N2O5S3/c1-10(15(20)17-11-4-6-26(21,22)9-11)23-14(19)7-12-8-25-16(18-12)13-3-2-5-24-13/h2-3,5,8,10-11H,4,6-7,9H2,1H3,(H,17,20)/t10-,11+/m1/s1. The van der Waals surface area contributed by atoms with E-state index < -0.39 is 33.9 Å². The van der Waals surface area contributed by atoms with Crippen molar-refractivity contribution >= 4 is 44.4 Å². The average molecular weight is 415 g/mol. The van der Waals surface area contributed by atoms with Gasteiger partial charge in [0.25, 0.3) is 5.91 Å². The van der Waals surface area contributed by atoms with Crippen LogP contribution in [0.25, 0.3) is 9.88 Å². The molecular formula is C16H18N2O5S3. The van der Waals surface area contributed by atoms with Crippen LogP contribution < -0.4 is 5.32 Å². The third-order valence-corrected chi connectivity index (χ3v) is 7.56. The number of hydrogen-bond donors (Lipinski definition) is 1. The number of aromatic nitrogens is 1. The van der Waals surface area contributed by atoms with Gasteiger partial charge in [-0.3, -0.25) is 9.59 Å². The van der Waals surface area contributed by atoms with Crippen molar-refractivity contribution in [2.75, 3.05) is 11.5 Å². The van der Waals surface area contributed by atoms with Gasteiger partial charge in [-0.05, 0) is 24.8 Å². The van der Waals surface area contributed by atoms with Gasteiger partial charge in [-0.15, -0.1) is 22.7 Å². The molecule has 3 heterocycles. The lowest BCUT2D eigenvalue weighted by Gasteiger charge is -2.16. The predicted octanol–water partition coefficient (Wildman–Crippen LogP) is 1.65. The van der Waals surface area contributed by atoms with E-state index in [0.29, 0.717) is 12.1 Å². The Balaban J connectivity index is 1.49. The molecule has 0 saturated carbocycles. The zero-order valence-electron chi connectivity index (χ0n) is 14.0. The van der Waals surface area contributed by atoms with E-state index in [2.05, 4.69) is 10.3 Å². The van der Waals surface area contributed by atoms with Crippen LogP contribution in [0.2, 0.25) is 0 Å². The first-order valence-corrected chi connectivity index (χ1v) is 11.6. The highest BCUT2D eigenvalue weighted by Crippen LogP contribution is 2.27. The molecule has 2 aromatic heterocycles. The minimum atomic E-state index is -3.08. The molecule has 0 bridgehead atoms. The van der Waals surface area contributed by atoms with Gasteiger partial charge in [-0.1, -0.05) is 6.07 Å². The van der Waals surface area contributed by atoms with E-state index >= 15 is 0 Å². The molecule has 26 heavy (non-hydrogen) atoms. The number of carbonyl (C=O) groups excluding carboxylic acids is 2. The Kier molecular flexibility index (Phi) is 5.73. The van der Waals surface area contributed by atoms with Gasteiger partial charge in [0.2, 0.25) is 0 Å². The first-order valence-electron chi connectivity index (χ1n) is 8.01. The van der Waals surface area contributed by atoms with Crippen LogP contribution in [0.1, 0.15) is 19.0 Å². The van der Waals surface area contributed by atoms with Crippen molar-refractivity contribution in [1.82, 2.24) is 10.3 Å². The lowest BCUT2D eigenvalue weighted by Crippen LogP contribution is -2.42. The molecule has 140 valence electrons. The molecule has 1 N–H and O–H groups in total. The number of nitrogens with one attached hydrogen (secondary N) is 1. The molecule has 2 aromatic rings. The molecule has 1 saturated heterocycles. The molecule has 0 aliphatic carbocycles. The summed E-state index contributed by atoms with van der Waals surface area (Å²) in [5.74, 6) is -1.03. The summed E-state index contributed by atoms with van der Waals surface area (Å²) in [5.41, 5.74) is 0.595. The summed E-state index contributed by atoms with van der Waals surface area (Å²) in [7, 11) is -3.08. The van der Waals surface area contributed by atoms with Crippen LogP contribution in [-0.4, -0.2) is 48.9 Å². The smallest absolute Gasteiger partial charge is 0.312 e. The number of hydrogen-bond acceptors (Lipinski definition) is 8. The number of carbonyl (C=O) groups is 2. The second-order valence-corrected chi connectivity index (χ2v) is 10.1. The fraction of sp³-hybridized carbons (Fsp3) is 0.438. The van der Waals surface area contributed by atoms with Gasteiger partial charge >= 0.3 is 5.97 Å². The van der Waals surface area contributed by atoms with Crippen LogP contribution in [-0.2, 0) is 30.6 Å². The number of amides is 1. The van der Waals surface area contributed by atoms with Crippen LogP contribution in [0.15, 0.2) is 22.9 Å². The Hall–Kier alpha value is -1.78. The van der Waals surface area contributed by atoms with E-state index in [4.69, 9.17) is 4.74 Å². The fourth-order valence-electron chi connectivity index (χ4n) is 2.57. The SMILES string of the molecule is C[C@@H](OC(=O)Cc1csc(-c2cccs2)n1)C(=O)N[C@H]1CCS(=O)(=O)C1. The first-order chi connectivity index (χ1) is 12.3. The van der Waals surface area contributed by atoms with Crippen molar-refractivity contribution in [3.05, 3.63) is 28.6 Å². The van der Waals surface area contributed by atoms with Crippen molar-refractivity contribution < 1.29 is 22.7 Å². The van der Waals surface area contributed by atoms with E-state index in [-0.39, 0.29) is 17.9 Å². The summed E-state index contributed by atoms with van der Waals surface area (Å²) in [6.07, 6.45) is -0.614. The van der Waals surface area contributed by atoms with Crippen molar-refractivity contribution in [3.8, 4) is 9.88 Å². The number of thiazole rings is 1. The maximum Gasteiger partial charge on any atom is 0.312 e. The van der Waals surface area contributed by atoms with Crippen LogP contribution in [0.3, 0.4) is 0 Å². The summed E-state index contributed by atoms with van der Waals surface area (Å²) in [4.78, 5) is 29.5. The van der Waals surface area contributed by atoms with Crippen molar-refractivity contribution in [3.63, 3.8) is 0 Å². The molecule has 1 amide bonds. The van der Waals surface area contributed by atoms with Crippen molar-refractivity contribution in [2.45, 2.75) is 31.9 Å². The van der Waals surface area contributed by atoms with Gasteiger partial charge in [0.05, 0.1) is 28.5 Å². The second-order valence-electron chi connectivity index (χ2n) is 6.04. The minimum absolute atomic E-state index is 0.0166. The monoisotopic (exact) mass is 414 g/mol. The quantitative estimate of drug-likeness (QED) is 0.721. The molecule has 2 atom stereocenters. The molecule has 0 spiro atoms. The lowest BCUT2D eigenvalue weighted by molar-refractivity contribution is -0.154. The summed E-state index contributed by atoms with van der Waals surface area (Å²) < 4.78 is 28.0. The Morgan fingerprint density at radius 1 is 1.42 bits per heavy atom. The number of ether oxygens (including phenoxy) is 1. The Labute approximate surface area is 159 Å². The molecule has 10 heteroatoms. The third kappa shape index (κ3) is 4.89. The molecule has 3 rings (SSSR count). The topological polar surface area (TPSA) is 102 Å². The van der Waals surface area contributed by atoms with Gasteiger partial charge in [0.15, 0.2) is 15.9 Å². The normalized spacial score (nSPS) is 19.8. The summed E-state index contributed by atoms with van der Waals surface area (Å²) >= 11 is 3.02. The fourth-order valence-corrected chi connectivity index (χ4v) is 5.88. The third-order valence-electron chi connectivity index (χ3n) is 3.87. The zero-order valence-corrected chi connectivity index (χ0v) is 16.5. The lowest BCUT2D eigenvalue weighted by atomic mass is 10.2. The molecule has 0 aromatic carbocycles. The van der Waals surface area contributed by atoms with Gasteiger partial charge in [0.1, 0.15) is 5.01 Å². The molecule has 0 unspecified atom stereocenters. The van der Waals surface area contributed by atoms with Crippen molar-refractivity contribution in [1.29, 1.82) is 0 Å². The zero-order chi connectivity index (χ0) is 18.7. The first kappa shape index (κ1) is 19.0. The minimum Gasteiger partial charge on any atom is -0.452 e. The van der Waals surface area contributed by atoms with Crippen LogP contribution in [0.4, 0.5) is 0 Å². The molecule has 1 fully saturated rings. The average Bonchev–Trinajstić information content (AvgIpc) is 3.28. The molecule has 7 nitrogen and oxygen atoms in total. The van der Waals surface area contributed by atoms with E-state index in [1.807, 2.05) is 17.5 Å². The number of rotatable bonds is 6. The maximum atomic E-state index is 12.1. The number of nitrogens with zero attached hydrogens (tertiary/aromatic N) is 1. The number of sulfone groups is 1. The number of thiophene rings is 1. The van der Waals surface area contributed by atoms with Gasteiger partial charge < -0.3 is 10.1 Å². The van der Waals surface area contributed by atoms with Crippen LogP contribution in [0.5, 0.6) is 0 Å². The van der Waals surface area contributed by atoms with E-state index in [0.717, 1.165) is 9.88 Å². The number of esters is 1. The summed E-state index contributed by atoms with van der Waals surface area (Å²) in [6, 6.07) is 3.48. The Morgan fingerprint density at radius 2 is 2.23 bits per heavy atom. The molecular weight excluding hydrogens is 396 g/mol. The summed E-state index contributed by atoms with van der Waals surface area (Å²) in [6.45, 7) is 1.47. The molecule has 0 radical (unpaired) electrons. The van der Waals surface area contributed by atoms with E-state index in [1.54, 1.807) is 16.7 Å². The van der Waals surface area contributed by atoms with E-state index in [9.17, 15) is 18.0 Å². The molecule has 1 aliphatic rings. The highest BCUT2D eigenvalue weighted by molar-refractivity contribution is 7.91. The van der Waals surface area contributed by atoms with Gasteiger partial charge in [0, 0.05) is 11.4 Å². The van der Waals surface area contributed by atoms with Gasteiger partial charge in [-0.25, -0.2) is 13.4 Å². The van der Waals surface area contributed by atoms with E-state index in [1.165, 1.54) is 18.3 Å². The van der Waals surface area contributed by atoms with Crippen LogP contribution >= 0.6 is 22.7 Å². The maximum absolute atomic E-state index is 12.1. The largest absolute Gasteiger partial charge is 0.452 e. The Morgan fingerprint density at radius 3 is 2.88 bits per heavy atom. The van der Waals surface area contributed by atoms with Gasteiger partial charge in [-0.2, -0.15) is 0 Å². The summed E-state index contributed by atoms with van der Waals surface area (Å²) in [5, 5.41) is 7.22. The predicted molar refractivity (Wildman–Crippen MR) is 99.9 cm³/mol. The highest BCUT2D eigenvalue weighted by Gasteiger charge is 2.30. The Bertz CT molecular complexity index is 889. The van der Waals surface area contributed by atoms with Crippen molar-refractivity contribution in [2.24, 2.45) is 0 Å². The second kappa shape index (κ2) is 7.85.